The minimum Gasteiger partial charge on any atom is -0.393 e. The van der Waals surface area contributed by atoms with Crippen LogP contribution in [-0.2, 0) is 11.2 Å². The number of fused-ring (bicyclic) bond motifs is 5. The van der Waals surface area contributed by atoms with Crippen LogP contribution in [0.15, 0.2) is 36.4 Å². The number of likely N-dealkylation sites (N-methyl/N-ethyl adjacent to an activating group) is 1. The zero-order chi connectivity index (χ0) is 21.3. The molecule has 0 saturated heterocycles. The van der Waals surface area contributed by atoms with Crippen LogP contribution in [0.3, 0.4) is 0 Å². The largest absolute Gasteiger partial charge is 0.393 e. The Morgan fingerprint density at radius 2 is 2.00 bits per heavy atom. The maximum absolute atomic E-state index is 12.7. The number of amides is 1. The van der Waals surface area contributed by atoms with Crippen molar-refractivity contribution in [2.24, 2.45) is 34.5 Å². The van der Waals surface area contributed by atoms with Gasteiger partial charge in [-0.3, -0.25) is 4.79 Å². The summed E-state index contributed by atoms with van der Waals surface area (Å²) in [6, 6.07) is 8.42. The van der Waals surface area contributed by atoms with Crippen LogP contribution in [0.25, 0.3) is 0 Å². The average Bonchev–Trinajstić information content (AvgIpc) is 3.00. The maximum atomic E-state index is 12.7. The van der Waals surface area contributed by atoms with E-state index in [4.69, 9.17) is 11.6 Å². The number of halogens is 1. The topological polar surface area (TPSA) is 40.5 Å². The van der Waals surface area contributed by atoms with Crippen molar-refractivity contribution in [1.82, 2.24) is 4.90 Å². The molecule has 3 aliphatic carbocycles. The first-order valence-electron chi connectivity index (χ1n) is 11.6. The molecule has 1 N–H and O–H groups in total. The lowest BCUT2D eigenvalue weighted by Gasteiger charge is -2.62. The predicted octanol–water partition coefficient (Wildman–Crippen LogP) is 5.11. The number of aliphatic hydroxyl groups is 1. The molecule has 8 atom stereocenters. The lowest BCUT2D eigenvalue weighted by molar-refractivity contribution is -0.148. The molecule has 1 aromatic carbocycles. The van der Waals surface area contributed by atoms with Gasteiger partial charge in [-0.05, 0) is 91.4 Å². The number of nitrogens with zero attached hydrogens (tertiary/aromatic N) is 1. The van der Waals surface area contributed by atoms with Crippen molar-refractivity contribution in [3.8, 4) is 0 Å². The van der Waals surface area contributed by atoms with Gasteiger partial charge in [0.25, 0.3) is 0 Å². The number of benzene rings is 1. The summed E-state index contributed by atoms with van der Waals surface area (Å²) in [5, 5.41) is 11.6. The van der Waals surface area contributed by atoms with E-state index in [0.717, 1.165) is 43.5 Å². The van der Waals surface area contributed by atoms with Crippen LogP contribution in [-0.4, -0.2) is 35.1 Å². The number of carbonyl (C=O) groups is 1. The fraction of sp³-hybridized carbons (Fsp3) is 0.654. The zero-order valence-corrected chi connectivity index (χ0v) is 19.1. The third-order valence-corrected chi connectivity index (χ3v) is 9.82. The summed E-state index contributed by atoms with van der Waals surface area (Å²) < 4.78 is 0. The first-order chi connectivity index (χ1) is 14.2. The molecular formula is C26H34ClNO2. The molecule has 30 heavy (non-hydrogen) atoms. The molecule has 1 aliphatic heterocycles. The lowest BCUT2D eigenvalue weighted by Crippen LogP contribution is -2.63. The SMILES string of the molecule is CN1C(=O)C=C[C@]2(C)[C@H]3CC[C@]4(C)[C@@H](O)CC[C@H]4[C@@H]3C[C@H](Cc3cccc(Cl)c3)[C@@H]12. The maximum Gasteiger partial charge on any atom is 0.246 e. The summed E-state index contributed by atoms with van der Waals surface area (Å²) in [6.45, 7) is 4.73. The second kappa shape index (κ2) is 7.10. The van der Waals surface area contributed by atoms with Gasteiger partial charge in [0.2, 0.25) is 5.91 Å². The lowest BCUT2D eigenvalue weighted by atomic mass is 9.46. The molecule has 1 aromatic rings. The Balaban J connectivity index is 1.55. The molecule has 0 radical (unpaired) electrons. The molecular weight excluding hydrogens is 394 g/mol. The molecule has 1 amide bonds. The van der Waals surface area contributed by atoms with Crippen molar-refractivity contribution >= 4 is 17.5 Å². The molecule has 0 aromatic heterocycles. The number of hydrogen-bond acceptors (Lipinski definition) is 2. The highest BCUT2D eigenvalue weighted by atomic mass is 35.5. The summed E-state index contributed by atoms with van der Waals surface area (Å²) in [5.74, 6) is 2.30. The van der Waals surface area contributed by atoms with Gasteiger partial charge in [-0.1, -0.05) is 43.7 Å². The van der Waals surface area contributed by atoms with E-state index in [9.17, 15) is 9.90 Å². The summed E-state index contributed by atoms with van der Waals surface area (Å²) in [7, 11) is 1.99. The third-order valence-electron chi connectivity index (χ3n) is 9.58. The van der Waals surface area contributed by atoms with Gasteiger partial charge in [0, 0.05) is 23.5 Å². The monoisotopic (exact) mass is 427 g/mol. The standard InChI is InChI=1S/C26H34ClNO2/c1-25-11-9-21-19(20(25)7-8-22(25)29)15-17(13-16-5-4-6-18(27)14-16)24-26(21,2)12-10-23(30)28(24)3/h4-6,10,12,14,17,19-22,24,29H,7-9,11,13,15H2,1-3H3/t17-,19-,20-,21-,22-,24+,25-,26+/m0/s1. The van der Waals surface area contributed by atoms with Crippen LogP contribution in [0.1, 0.15) is 51.5 Å². The molecule has 5 rings (SSSR count). The minimum absolute atomic E-state index is 0.0102. The Bertz CT molecular complexity index is 884. The Morgan fingerprint density at radius 3 is 2.77 bits per heavy atom. The number of aliphatic hydroxyl groups excluding tert-OH is 1. The van der Waals surface area contributed by atoms with Crippen LogP contribution in [0.4, 0.5) is 0 Å². The van der Waals surface area contributed by atoms with Gasteiger partial charge in [-0.2, -0.15) is 0 Å². The van der Waals surface area contributed by atoms with Gasteiger partial charge in [-0.25, -0.2) is 0 Å². The third kappa shape index (κ3) is 2.92. The van der Waals surface area contributed by atoms with E-state index < -0.39 is 0 Å². The van der Waals surface area contributed by atoms with Crippen LogP contribution in [0, 0.1) is 34.5 Å². The second-order valence-electron chi connectivity index (χ2n) is 10.9. The van der Waals surface area contributed by atoms with Crippen molar-refractivity contribution < 1.29 is 9.90 Å². The first kappa shape index (κ1) is 20.6. The molecule has 3 fully saturated rings. The smallest absolute Gasteiger partial charge is 0.246 e. The highest BCUT2D eigenvalue weighted by Gasteiger charge is 2.62. The van der Waals surface area contributed by atoms with E-state index in [0.29, 0.717) is 23.7 Å². The van der Waals surface area contributed by atoms with Gasteiger partial charge >= 0.3 is 0 Å². The van der Waals surface area contributed by atoms with Gasteiger partial charge in [0.1, 0.15) is 0 Å². The zero-order valence-electron chi connectivity index (χ0n) is 18.4. The Labute approximate surface area is 185 Å². The molecule has 3 saturated carbocycles. The fourth-order valence-electron chi connectivity index (χ4n) is 8.19. The number of rotatable bonds is 2. The minimum atomic E-state index is -0.161. The van der Waals surface area contributed by atoms with Gasteiger partial charge in [0.15, 0.2) is 0 Å². The quantitative estimate of drug-likeness (QED) is 0.712. The molecule has 3 nitrogen and oxygen atoms in total. The molecule has 1 heterocycles. The molecule has 0 spiro atoms. The molecule has 4 aliphatic rings. The highest BCUT2D eigenvalue weighted by Crippen LogP contribution is 2.65. The van der Waals surface area contributed by atoms with Crippen molar-refractivity contribution in [1.29, 1.82) is 0 Å². The van der Waals surface area contributed by atoms with E-state index in [1.807, 2.05) is 30.2 Å². The number of carbonyl (C=O) groups excluding carboxylic acids is 1. The summed E-state index contributed by atoms with van der Waals surface area (Å²) >= 11 is 6.29. The predicted molar refractivity (Wildman–Crippen MR) is 120 cm³/mol. The molecule has 0 unspecified atom stereocenters. The van der Waals surface area contributed by atoms with Crippen LogP contribution in [0.5, 0.6) is 0 Å². The van der Waals surface area contributed by atoms with E-state index in [1.165, 1.54) is 5.56 Å². The van der Waals surface area contributed by atoms with Crippen LogP contribution >= 0.6 is 11.6 Å². The highest BCUT2D eigenvalue weighted by molar-refractivity contribution is 6.30. The Hall–Kier alpha value is -1.32. The average molecular weight is 428 g/mol. The van der Waals surface area contributed by atoms with Gasteiger partial charge < -0.3 is 10.0 Å². The van der Waals surface area contributed by atoms with E-state index >= 15 is 0 Å². The second-order valence-corrected chi connectivity index (χ2v) is 11.4. The van der Waals surface area contributed by atoms with Crippen LogP contribution in [0.2, 0.25) is 5.02 Å². The van der Waals surface area contributed by atoms with E-state index in [-0.39, 0.29) is 28.9 Å². The van der Waals surface area contributed by atoms with E-state index in [2.05, 4.69) is 32.1 Å². The van der Waals surface area contributed by atoms with Crippen molar-refractivity contribution in [3.63, 3.8) is 0 Å². The number of hydrogen-bond donors (Lipinski definition) is 1. The van der Waals surface area contributed by atoms with Crippen molar-refractivity contribution in [2.75, 3.05) is 7.05 Å². The first-order valence-corrected chi connectivity index (χ1v) is 12.0. The molecule has 4 heteroatoms. The van der Waals surface area contributed by atoms with Gasteiger partial charge in [-0.15, -0.1) is 0 Å². The fourth-order valence-corrected chi connectivity index (χ4v) is 8.40. The Morgan fingerprint density at radius 1 is 1.20 bits per heavy atom. The molecule has 0 bridgehead atoms. The Kier molecular flexibility index (Phi) is 4.87. The van der Waals surface area contributed by atoms with Crippen molar-refractivity contribution in [2.45, 2.75) is 64.5 Å². The molecule has 162 valence electrons. The van der Waals surface area contributed by atoms with Crippen LogP contribution < -0.4 is 0 Å². The summed E-state index contributed by atoms with van der Waals surface area (Å²) in [5.41, 5.74) is 1.31. The summed E-state index contributed by atoms with van der Waals surface area (Å²) in [6.07, 6.45) is 10.3. The van der Waals surface area contributed by atoms with Crippen molar-refractivity contribution in [3.05, 3.63) is 47.0 Å². The van der Waals surface area contributed by atoms with E-state index in [1.54, 1.807) is 0 Å². The van der Waals surface area contributed by atoms with Gasteiger partial charge in [0.05, 0.1) is 6.10 Å². The normalized spacial score (nSPS) is 45.1. The summed E-state index contributed by atoms with van der Waals surface area (Å²) in [4.78, 5) is 14.7.